The van der Waals surface area contributed by atoms with Crippen molar-refractivity contribution in [2.75, 3.05) is 13.7 Å². The summed E-state index contributed by atoms with van der Waals surface area (Å²) in [6.45, 7) is 5.54. The smallest absolute Gasteiger partial charge is 0.123 e. The average Bonchev–Trinajstić information content (AvgIpc) is 3.24. The van der Waals surface area contributed by atoms with Crippen molar-refractivity contribution in [2.45, 2.75) is 64.2 Å². The molecule has 1 aromatic carbocycles. The van der Waals surface area contributed by atoms with Gasteiger partial charge >= 0.3 is 0 Å². The number of hydrogen-bond donors (Lipinski definition) is 1. The van der Waals surface area contributed by atoms with Crippen molar-refractivity contribution in [3.63, 3.8) is 0 Å². The first-order valence-electron chi connectivity index (χ1n) is 8.43. The number of nitrogens with zero attached hydrogens (tertiary/aromatic N) is 1. The zero-order chi connectivity index (χ0) is 14.7. The van der Waals surface area contributed by atoms with Crippen LogP contribution in [0.3, 0.4) is 0 Å². The van der Waals surface area contributed by atoms with E-state index >= 15 is 0 Å². The molecule has 2 aliphatic rings. The van der Waals surface area contributed by atoms with Crippen LogP contribution in [0.2, 0.25) is 0 Å². The van der Waals surface area contributed by atoms with Gasteiger partial charge in [-0.1, -0.05) is 13.0 Å². The zero-order valence-corrected chi connectivity index (χ0v) is 13.4. The lowest BCUT2D eigenvalue weighted by Crippen LogP contribution is -2.28. The summed E-state index contributed by atoms with van der Waals surface area (Å²) >= 11 is 0. The van der Waals surface area contributed by atoms with Gasteiger partial charge < -0.3 is 10.1 Å². The van der Waals surface area contributed by atoms with Crippen molar-refractivity contribution in [2.24, 2.45) is 0 Å². The third-order valence-electron chi connectivity index (χ3n) is 4.86. The first-order chi connectivity index (χ1) is 10.3. The number of benzene rings is 1. The Morgan fingerprint density at radius 3 is 2.86 bits per heavy atom. The molecule has 1 aromatic rings. The summed E-state index contributed by atoms with van der Waals surface area (Å²) in [5, 5.41) is 3.60. The van der Waals surface area contributed by atoms with Gasteiger partial charge in [0.2, 0.25) is 0 Å². The fourth-order valence-electron chi connectivity index (χ4n) is 3.40. The van der Waals surface area contributed by atoms with Crippen molar-refractivity contribution in [1.29, 1.82) is 0 Å². The van der Waals surface area contributed by atoms with E-state index in [9.17, 15) is 0 Å². The van der Waals surface area contributed by atoms with Crippen LogP contribution in [-0.4, -0.2) is 30.6 Å². The first kappa shape index (κ1) is 14.9. The zero-order valence-electron chi connectivity index (χ0n) is 13.4. The van der Waals surface area contributed by atoms with E-state index in [1.165, 1.54) is 49.8 Å². The molecule has 3 heteroatoms. The van der Waals surface area contributed by atoms with Gasteiger partial charge in [0, 0.05) is 30.7 Å². The van der Waals surface area contributed by atoms with Crippen LogP contribution >= 0.6 is 0 Å². The third kappa shape index (κ3) is 3.78. The van der Waals surface area contributed by atoms with Crippen molar-refractivity contribution in [1.82, 2.24) is 10.2 Å². The van der Waals surface area contributed by atoms with Crippen LogP contribution in [0, 0.1) is 0 Å². The maximum absolute atomic E-state index is 5.57. The van der Waals surface area contributed by atoms with Crippen LogP contribution in [-0.2, 0) is 13.1 Å². The summed E-state index contributed by atoms with van der Waals surface area (Å²) in [6.07, 6.45) is 6.63. The number of methoxy groups -OCH3 is 1. The number of likely N-dealkylation sites (tertiary alicyclic amines) is 1. The second-order valence-corrected chi connectivity index (χ2v) is 6.48. The Balaban J connectivity index is 1.69. The van der Waals surface area contributed by atoms with E-state index in [2.05, 4.69) is 35.3 Å². The molecule has 0 spiro atoms. The van der Waals surface area contributed by atoms with E-state index in [1.54, 1.807) is 7.11 Å². The Kier molecular flexibility index (Phi) is 4.81. The lowest BCUT2D eigenvalue weighted by molar-refractivity contribution is 0.236. The van der Waals surface area contributed by atoms with Crippen LogP contribution in [0.1, 0.15) is 50.2 Å². The molecule has 1 saturated carbocycles. The van der Waals surface area contributed by atoms with E-state index in [-0.39, 0.29) is 0 Å². The number of rotatable bonds is 7. The van der Waals surface area contributed by atoms with Gasteiger partial charge in [0.25, 0.3) is 0 Å². The van der Waals surface area contributed by atoms with E-state index in [1.807, 2.05) is 0 Å². The van der Waals surface area contributed by atoms with Gasteiger partial charge in [-0.05, 0) is 56.3 Å². The summed E-state index contributed by atoms with van der Waals surface area (Å²) < 4.78 is 5.57. The lowest BCUT2D eigenvalue weighted by atomic mass is 10.1. The molecular formula is C18H28N2O. The SMILES string of the molecule is CCC1CCCN1Cc1cc(CNC2CC2)ccc1OC. The molecule has 3 nitrogen and oxygen atoms in total. The molecule has 0 amide bonds. The van der Waals surface area contributed by atoms with Crippen LogP contribution in [0.5, 0.6) is 5.75 Å². The fourth-order valence-corrected chi connectivity index (χ4v) is 3.40. The summed E-state index contributed by atoms with van der Waals surface area (Å²) in [4.78, 5) is 2.62. The van der Waals surface area contributed by atoms with Crippen molar-refractivity contribution in [3.8, 4) is 5.75 Å². The first-order valence-corrected chi connectivity index (χ1v) is 8.43. The van der Waals surface area contributed by atoms with E-state index in [0.29, 0.717) is 0 Å². The minimum Gasteiger partial charge on any atom is -0.496 e. The molecule has 1 saturated heterocycles. The van der Waals surface area contributed by atoms with Crippen LogP contribution < -0.4 is 10.1 Å². The summed E-state index contributed by atoms with van der Waals surface area (Å²) in [5.41, 5.74) is 2.72. The molecule has 1 atom stereocenters. The molecule has 1 unspecified atom stereocenters. The molecule has 116 valence electrons. The number of hydrogen-bond acceptors (Lipinski definition) is 3. The van der Waals surface area contributed by atoms with Crippen molar-refractivity contribution < 1.29 is 4.74 Å². The van der Waals surface area contributed by atoms with Gasteiger partial charge in [-0.25, -0.2) is 0 Å². The maximum atomic E-state index is 5.57. The normalized spacial score (nSPS) is 22.7. The second kappa shape index (κ2) is 6.80. The molecule has 0 radical (unpaired) electrons. The minimum atomic E-state index is 0.753. The van der Waals surface area contributed by atoms with Crippen molar-refractivity contribution >= 4 is 0 Å². The highest BCUT2D eigenvalue weighted by atomic mass is 16.5. The maximum Gasteiger partial charge on any atom is 0.123 e. The van der Waals surface area contributed by atoms with E-state index in [4.69, 9.17) is 4.74 Å². The molecular weight excluding hydrogens is 260 g/mol. The van der Waals surface area contributed by atoms with E-state index < -0.39 is 0 Å². The quantitative estimate of drug-likeness (QED) is 0.833. The molecule has 0 bridgehead atoms. The standard InChI is InChI=1S/C18H28N2O/c1-3-17-5-4-10-20(17)13-15-11-14(6-9-18(15)21-2)12-19-16-7-8-16/h6,9,11,16-17,19H,3-5,7-8,10,12-13H2,1-2H3. The largest absolute Gasteiger partial charge is 0.496 e. The molecule has 1 heterocycles. The summed E-state index contributed by atoms with van der Waals surface area (Å²) in [6, 6.07) is 8.18. The van der Waals surface area contributed by atoms with Crippen LogP contribution in [0.25, 0.3) is 0 Å². The molecule has 2 fully saturated rings. The number of ether oxygens (including phenoxy) is 1. The lowest BCUT2D eigenvalue weighted by Gasteiger charge is -2.24. The summed E-state index contributed by atoms with van der Waals surface area (Å²) in [5.74, 6) is 1.03. The molecule has 3 rings (SSSR count). The Morgan fingerprint density at radius 2 is 2.14 bits per heavy atom. The Labute approximate surface area is 128 Å². The molecule has 1 aliphatic carbocycles. The minimum absolute atomic E-state index is 0.753. The van der Waals surface area contributed by atoms with Gasteiger partial charge in [0.1, 0.15) is 5.75 Å². The van der Waals surface area contributed by atoms with Gasteiger partial charge in [-0.3, -0.25) is 4.90 Å². The topological polar surface area (TPSA) is 24.5 Å². The Bertz CT molecular complexity index is 470. The monoisotopic (exact) mass is 288 g/mol. The number of nitrogens with one attached hydrogen (secondary N) is 1. The molecule has 21 heavy (non-hydrogen) atoms. The third-order valence-corrected chi connectivity index (χ3v) is 4.86. The van der Waals surface area contributed by atoms with Crippen molar-refractivity contribution in [3.05, 3.63) is 29.3 Å². The highest BCUT2D eigenvalue weighted by molar-refractivity contribution is 5.37. The van der Waals surface area contributed by atoms with Gasteiger partial charge in [-0.2, -0.15) is 0 Å². The molecule has 1 aliphatic heterocycles. The van der Waals surface area contributed by atoms with Crippen LogP contribution in [0.4, 0.5) is 0 Å². The van der Waals surface area contributed by atoms with Gasteiger partial charge in [0.15, 0.2) is 0 Å². The predicted molar refractivity (Wildman–Crippen MR) is 86.6 cm³/mol. The molecule has 1 N–H and O–H groups in total. The Hall–Kier alpha value is -1.06. The van der Waals surface area contributed by atoms with Gasteiger partial charge in [0.05, 0.1) is 7.11 Å². The average molecular weight is 288 g/mol. The highest BCUT2D eigenvalue weighted by Crippen LogP contribution is 2.27. The van der Waals surface area contributed by atoms with Gasteiger partial charge in [-0.15, -0.1) is 0 Å². The molecule has 0 aromatic heterocycles. The summed E-state index contributed by atoms with van der Waals surface area (Å²) in [7, 11) is 1.78. The predicted octanol–water partition coefficient (Wildman–Crippen LogP) is 3.32. The Morgan fingerprint density at radius 1 is 1.29 bits per heavy atom. The van der Waals surface area contributed by atoms with E-state index in [0.717, 1.165) is 30.9 Å². The fraction of sp³-hybridized carbons (Fsp3) is 0.667. The second-order valence-electron chi connectivity index (χ2n) is 6.48. The van der Waals surface area contributed by atoms with Crippen LogP contribution in [0.15, 0.2) is 18.2 Å². The highest BCUT2D eigenvalue weighted by Gasteiger charge is 2.24.